The van der Waals surface area contributed by atoms with Gasteiger partial charge in [-0.25, -0.2) is 9.78 Å². The Morgan fingerprint density at radius 3 is 2.81 bits per heavy atom. The van der Waals surface area contributed by atoms with Crippen LogP contribution in [0.15, 0.2) is 24.4 Å². The van der Waals surface area contributed by atoms with Crippen LogP contribution in [0.5, 0.6) is 0 Å². The molecule has 3 aromatic rings. The Labute approximate surface area is 214 Å². The molecule has 2 aromatic heterocycles. The summed E-state index contributed by atoms with van der Waals surface area (Å²) in [5.74, 6) is 0.444. The minimum Gasteiger partial charge on any atom is -0.443 e. The molecule has 196 valence electrons. The lowest BCUT2D eigenvalue weighted by molar-refractivity contribution is 0.0587. The third kappa shape index (κ3) is 4.82. The molecule has 1 aromatic carbocycles. The number of ether oxygens (including phenoxy) is 2. The Kier molecular flexibility index (Phi) is 6.04. The first-order valence-electron chi connectivity index (χ1n) is 11.9. The maximum absolute atomic E-state index is 13.1. The van der Waals surface area contributed by atoms with Gasteiger partial charge in [0.2, 0.25) is 0 Å². The van der Waals surface area contributed by atoms with Gasteiger partial charge in [-0.3, -0.25) is 20.1 Å². The van der Waals surface area contributed by atoms with Crippen LogP contribution in [0.2, 0.25) is 0 Å². The number of hydrazine groups is 2. The maximum Gasteiger partial charge on any atom is 0.415 e. The van der Waals surface area contributed by atoms with Crippen molar-refractivity contribution in [2.24, 2.45) is 0 Å². The number of benzene rings is 1. The first kappa shape index (κ1) is 24.6. The van der Waals surface area contributed by atoms with Gasteiger partial charge in [0.25, 0.3) is 5.91 Å². The van der Waals surface area contributed by atoms with Gasteiger partial charge in [0.15, 0.2) is 5.65 Å². The third-order valence-electron chi connectivity index (χ3n) is 5.87. The Morgan fingerprint density at radius 1 is 1.27 bits per heavy atom. The van der Waals surface area contributed by atoms with E-state index in [2.05, 4.69) is 26.7 Å². The quantitative estimate of drug-likeness (QED) is 0.387. The summed E-state index contributed by atoms with van der Waals surface area (Å²) in [4.78, 5) is 32.1. The molecule has 13 heteroatoms. The molecule has 4 N–H and O–H groups in total. The van der Waals surface area contributed by atoms with E-state index in [1.807, 2.05) is 31.1 Å². The average molecular weight is 510 g/mol. The number of hydrogen-bond acceptors (Lipinski definition) is 10. The minimum atomic E-state index is -0.689. The second-order valence-corrected chi connectivity index (χ2v) is 10.2. The highest BCUT2D eigenvalue weighted by Gasteiger charge is 2.27. The minimum absolute atomic E-state index is 0.254. The van der Waals surface area contributed by atoms with Crippen molar-refractivity contribution >= 4 is 46.3 Å². The molecule has 4 bridgehead atoms. The molecule has 4 heterocycles. The van der Waals surface area contributed by atoms with Crippen LogP contribution in [0.1, 0.15) is 43.6 Å². The van der Waals surface area contributed by atoms with Gasteiger partial charge in [-0.1, -0.05) is 0 Å². The van der Waals surface area contributed by atoms with Gasteiger partial charge in [0.05, 0.1) is 36.5 Å². The molecule has 0 radical (unpaired) electrons. The van der Waals surface area contributed by atoms with Crippen LogP contribution in [0.3, 0.4) is 0 Å². The summed E-state index contributed by atoms with van der Waals surface area (Å²) in [5, 5.41) is 12.5. The van der Waals surface area contributed by atoms with Crippen LogP contribution in [-0.2, 0) is 16.1 Å². The zero-order valence-electron chi connectivity index (χ0n) is 21.7. The van der Waals surface area contributed by atoms with E-state index in [1.165, 1.54) is 15.6 Å². The van der Waals surface area contributed by atoms with Crippen molar-refractivity contribution in [3.05, 3.63) is 35.5 Å². The molecule has 0 fully saturated rings. The predicted octanol–water partition coefficient (Wildman–Crippen LogP) is 2.77. The summed E-state index contributed by atoms with van der Waals surface area (Å²) in [6.07, 6.45) is 0.870. The van der Waals surface area contributed by atoms with Crippen LogP contribution in [0.4, 0.5) is 33.5 Å². The molecule has 13 nitrogen and oxygen atoms in total. The maximum atomic E-state index is 13.1. The zero-order chi connectivity index (χ0) is 26.5. The van der Waals surface area contributed by atoms with E-state index >= 15 is 0 Å². The fraction of sp³-hybridized carbons (Fsp3) is 0.417. The lowest BCUT2D eigenvalue weighted by atomic mass is 10.1. The number of fused-ring (bicyclic) bond motifs is 5. The van der Waals surface area contributed by atoms with Gasteiger partial charge < -0.3 is 20.1 Å². The Balaban J connectivity index is 1.66. The van der Waals surface area contributed by atoms with Gasteiger partial charge in [-0.2, -0.15) is 9.61 Å². The Hall–Kier alpha value is -4.10. The van der Waals surface area contributed by atoms with E-state index in [-0.39, 0.29) is 23.2 Å². The van der Waals surface area contributed by atoms with E-state index < -0.39 is 11.7 Å². The highest BCUT2D eigenvalue weighted by molar-refractivity contribution is 6.01. The van der Waals surface area contributed by atoms with Crippen molar-refractivity contribution in [2.75, 3.05) is 41.4 Å². The van der Waals surface area contributed by atoms with E-state index in [4.69, 9.17) is 14.5 Å². The molecule has 0 saturated carbocycles. The molecule has 2 amide bonds. The Bertz CT molecular complexity index is 1380. The molecule has 37 heavy (non-hydrogen) atoms. The summed E-state index contributed by atoms with van der Waals surface area (Å²) in [6, 6.07) is 5.43. The molecule has 0 saturated heterocycles. The number of rotatable bonds is 1. The lowest BCUT2D eigenvalue weighted by Crippen LogP contribution is -2.36. The first-order valence-corrected chi connectivity index (χ1v) is 11.9. The van der Waals surface area contributed by atoms with E-state index in [0.717, 1.165) is 22.6 Å². The number of amides is 2. The van der Waals surface area contributed by atoms with Crippen molar-refractivity contribution < 1.29 is 19.1 Å². The molecule has 5 rings (SSSR count). The fourth-order valence-electron chi connectivity index (χ4n) is 4.13. The van der Waals surface area contributed by atoms with Crippen molar-refractivity contribution in [3.63, 3.8) is 0 Å². The molecule has 0 aliphatic carbocycles. The van der Waals surface area contributed by atoms with E-state index in [0.29, 0.717) is 24.8 Å². The molecule has 0 unspecified atom stereocenters. The van der Waals surface area contributed by atoms with Gasteiger partial charge in [-0.05, 0) is 45.4 Å². The summed E-state index contributed by atoms with van der Waals surface area (Å²) in [6.45, 7) is 7.93. The molecule has 0 spiro atoms. The summed E-state index contributed by atoms with van der Waals surface area (Å²) >= 11 is 0. The van der Waals surface area contributed by atoms with Gasteiger partial charge in [0, 0.05) is 26.2 Å². The molecular weight excluding hydrogens is 478 g/mol. The van der Waals surface area contributed by atoms with Crippen molar-refractivity contribution in [2.45, 2.75) is 45.9 Å². The molecule has 1 atom stereocenters. The summed E-state index contributed by atoms with van der Waals surface area (Å²) in [7, 11) is 3.49. The SMILES string of the molecule is C[C@@H]1COCc2cc(c3c(c2)N(C)NN3)Nc2cc(N(C)C(=O)OC(C)(C)C)n3ncc(c3n2)C(=O)N1. The normalized spacial score (nSPS) is 17.5. The van der Waals surface area contributed by atoms with E-state index in [9.17, 15) is 9.59 Å². The number of carbonyl (C=O) groups is 2. The second kappa shape index (κ2) is 9.09. The van der Waals surface area contributed by atoms with Crippen molar-refractivity contribution in [1.82, 2.24) is 25.4 Å². The first-order chi connectivity index (χ1) is 17.5. The molecule has 2 aliphatic rings. The smallest absolute Gasteiger partial charge is 0.415 e. The number of nitrogens with zero attached hydrogens (tertiary/aromatic N) is 5. The topological polar surface area (TPSA) is 137 Å². The van der Waals surface area contributed by atoms with Crippen LogP contribution in [0.25, 0.3) is 5.65 Å². The van der Waals surface area contributed by atoms with Crippen molar-refractivity contribution in [3.8, 4) is 0 Å². The lowest BCUT2D eigenvalue weighted by Gasteiger charge is -2.25. The van der Waals surface area contributed by atoms with Crippen LogP contribution >= 0.6 is 0 Å². The van der Waals surface area contributed by atoms with Crippen LogP contribution in [0, 0.1) is 0 Å². The second-order valence-electron chi connectivity index (χ2n) is 10.2. The van der Waals surface area contributed by atoms with Gasteiger partial charge in [-0.15, -0.1) is 5.53 Å². The molecular formula is C24H31N9O4. The van der Waals surface area contributed by atoms with Crippen molar-refractivity contribution in [1.29, 1.82) is 0 Å². The standard InChI is InChI=1S/C24H31N9O4/c1-13-11-36-12-14-7-16(20-17(8-14)32(6)30-29-20)27-18-9-19(31(5)23(35)37-24(2,3)4)33-21(28-18)15(10-25-33)22(34)26-13/h7-10,13,29-30H,11-12H2,1-6H3,(H,26,34)(H,27,28)/t13-/m1/s1. The average Bonchev–Trinajstić information content (AvgIpc) is 3.40. The largest absolute Gasteiger partial charge is 0.443 e. The monoisotopic (exact) mass is 509 g/mol. The summed E-state index contributed by atoms with van der Waals surface area (Å²) < 4.78 is 12.9. The number of aromatic nitrogens is 3. The predicted molar refractivity (Wildman–Crippen MR) is 139 cm³/mol. The van der Waals surface area contributed by atoms with Gasteiger partial charge >= 0.3 is 6.09 Å². The fourth-order valence-corrected chi connectivity index (χ4v) is 4.13. The van der Waals surface area contributed by atoms with Crippen LogP contribution < -0.4 is 31.5 Å². The number of anilines is 5. The van der Waals surface area contributed by atoms with Crippen LogP contribution in [-0.4, -0.2) is 58.9 Å². The number of carbonyl (C=O) groups excluding carboxylic acids is 2. The Morgan fingerprint density at radius 2 is 2.05 bits per heavy atom. The zero-order valence-corrected chi connectivity index (χ0v) is 21.7. The number of hydrogen-bond donors (Lipinski definition) is 4. The van der Waals surface area contributed by atoms with E-state index in [1.54, 1.807) is 33.9 Å². The molecule has 2 aliphatic heterocycles. The third-order valence-corrected chi connectivity index (χ3v) is 5.87. The highest BCUT2D eigenvalue weighted by atomic mass is 16.6. The highest BCUT2D eigenvalue weighted by Crippen LogP contribution is 2.39. The van der Waals surface area contributed by atoms with Gasteiger partial charge in [0.1, 0.15) is 22.8 Å². The summed E-state index contributed by atoms with van der Waals surface area (Å²) in [5.41, 5.74) is 9.53. The number of nitrogens with one attached hydrogen (secondary N) is 4.